The van der Waals surface area contributed by atoms with Gasteiger partial charge in [0.25, 0.3) is 0 Å². The van der Waals surface area contributed by atoms with Crippen molar-refractivity contribution in [3.05, 3.63) is 76.6 Å². The molecule has 4 aromatic rings. The molecule has 0 radical (unpaired) electrons. The van der Waals surface area contributed by atoms with Gasteiger partial charge in [-0.3, -0.25) is 9.20 Å². The fourth-order valence-corrected chi connectivity index (χ4v) is 3.70. The topological polar surface area (TPSA) is 46.4 Å². The number of amides is 1. The van der Waals surface area contributed by atoms with Gasteiger partial charge in [-0.05, 0) is 18.2 Å². The molecular formula is C19H13ClFN3OS. The van der Waals surface area contributed by atoms with E-state index in [1.807, 2.05) is 46.3 Å². The van der Waals surface area contributed by atoms with Crippen molar-refractivity contribution >= 4 is 39.5 Å². The second-order valence-electron chi connectivity index (χ2n) is 5.73. The largest absolute Gasteiger partial charge is 0.326 e. The minimum atomic E-state index is -0.518. The fourth-order valence-electron chi connectivity index (χ4n) is 2.65. The lowest BCUT2D eigenvalue weighted by Gasteiger charge is -2.05. The molecular weight excluding hydrogens is 373 g/mol. The van der Waals surface area contributed by atoms with Gasteiger partial charge in [-0.25, -0.2) is 9.37 Å². The summed E-state index contributed by atoms with van der Waals surface area (Å²) in [4.78, 5) is 17.8. The molecule has 2 aromatic heterocycles. The minimum absolute atomic E-state index is 0.0252. The number of carbonyl (C=O) groups excluding carboxylic acids is 1. The van der Waals surface area contributed by atoms with Crippen LogP contribution in [-0.4, -0.2) is 15.3 Å². The zero-order chi connectivity index (χ0) is 18.1. The van der Waals surface area contributed by atoms with Gasteiger partial charge in [0.1, 0.15) is 5.82 Å². The number of imidazole rings is 1. The maximum Gasteiger partial charge on any atom is 0.230 e. The molecule has 0 aliphatic carbocycles. The predicted octanol–water partition coefficient (Wildman–Crippen LogP) is 5.04. The number of hydrogen-bond donors (Lipinski definition) is 1. The standard InChI is InChI=1S/C19H13ClFN3OS/c20-15-8-13(6-7-16(15)21)22-18(25)9-14-11-26-19-23-17(10-24(14)19)12-4-2-1-3-5-12/h1-8,10-11H,9H2,(H,22,25). The van der Waals surface area contributed by atoms with Crippen molar-refractivity contribution in [3.63, 3.8) is 0 Å². The van der Waals surface area contributed by atoms with E-state index in [-0.39, 0.29) is 17.4 Å². The number of hydrogen-bond acceptors (Lipinski definition) is 3. The van der Waals surface area contributed by atoms with E-state index in [2.05, 4.69) is 10.3 Å². The molecule has 7 heteroatoms. The lowest BCUT2D eigenvalue weighted by atomic mass is 10.2. The number of fused-ring (bicyclic) bond motifs is 1. The van der Waals surface area contributed by atoms with Crippen molar-refractivity contribution in [3.8, 4) is 11.3 Å². The van der Waals surface area contributed by atoms with Gasteiger partial charge in [-0.1, -0.05) is 41.9 Å². The summed E-state index contributed by atoms with van der Waals surface area (Å²) in [5.41, 5.74) is 3.19. The maximum absolute atomic E-state index is 13.2. The second kappa shape index (κ2) is 6.90. The summed E-state index contributed by atoms with van der Waals surface area (Å²) < 4.78 is 15.1. The first-order valence-electron chi connectivity index (χ1n) is 7.86. The quantitative estimate of drug-likeness (QED) is 0.535. The molecule has 1 N–H and O–H groups in total. The molecule has 4 rings (SSSR count). The van der Waals surface area contributed by atoms with Gasteiger partial charge in [0.05, 0.1) is 17.1 Å². The van der Waals surface area contributed by atoms with Crippen LogP contribution in [0.5, 0.6) is 0 Å². The molecule has 130 valence electrons. The SMILES string of the molecule is O=C(Cc1csc2nc(-c3ccccc3)cn12)Nc1ccc(F)c(Cl)c1. The Morgan fingerprint density at radius 1 is 1.23 bits per heavy atom. The van der Waals surface area contributed by atoms with Crippen LogP contribution in [0.4, 0.5) is 10.1 Å². The Labute approximate surface area is 157 Å². The van der Waals surface area contributed by atoms with Crippen molar-refractivity contribution in [1.82, 2.24) is 9.38 Å². The van der Waals surface area contributed by atoms with Crippen LogP contribution in [0.25, 0.3) is 16.2 Å². The first-order chi connectivity index (χ1) is 12.6. The normalized spacial score (nSPS) is 11.0. The number of carbonyl (C=O) groups is 1. The van der Waals surface area contributed by atoms with E-state index in [0.29, 0.717) is 5.69 Å². The number of thiazole rings is 1. The number of benzene rings is 2. The van der Waals surface area contributed by atoms with Gasteiger partial charge in [-0.15, -0.1) is 11.3 Å². The summed E-state index contributed by atoms with van der Waals surface area (Å²) in [6.07, 6.45) is 2.11. The highest BCUT2D eigenvalue weighted by molar-refractivity contribution is 7.15. The van der Waals surface area contributed by atoms with E-state index in [4.69, 9.17) is 11.6 Å². The molecule has 0 aliphatic rings. The van der Waals surface area contributed by atoms with Crippen LogP contribution < -0.4 is 5.32 Å². The number of nitrogens with zero attached hydrogens (tertiary/aromatic N) is 2. The average Bonchev–Trinajstić information content (AvgIpc) is 3.21. The van der Waals surface area contributed by atoms with E-state index in [0.717, 1.165) is 21.9 Å². The third-order valence-electron chi connectivity index (χ3n) is 3.90. The summed E-state index contributed by atoms with van der Waals surface area (Å²) in [5, 5.41) is 4.62. The van der Waals surface area contributed by atoms with Crippen LogP contribution in [-0.2, 0) is 11.2 Å². The zero-order valence-electron chi connectivity index (χ0n) is 13.4. The summed E-state index contributed by atoms with van der Waals surface area (Å²) in [7, 11) is 0. The number of halogens is 2. The maximum atomic E-state index is 13.2. The first kappa shape index (κ1) is 16.8. The summed E-state index contributed by atoms with van der Waals surface area (Å²) in [5.74, 6) is -0.724. The van der Waals surface area contributed by atoms with Crippen LogP contribution in [0.2, 0.25) is 5.02 Å². The number of rotatable bonds is 4. The molecule has 26 heavy (non-hydrogen) atoms. The van der Waals surface area contributed by atoms with E-state index in [1.54, 1.807) is 0 Å². The molecule has 2 heterocycles. The lowest BCUT2D eigenvalue weighted by Crippen LogP contribution is -2.15. The van der Waals surface area contributed by atoms with E-state index in [9.17, 15) is 9.18 Å². The smallest absolute Gasteiger partial charge is 0.230 e. The molecule has 4 nitrogen and oxygen atoms in total. The Bertz CT molecular complexity index is 1090. The van der Waals surface area contributed by atoms with Gasteiger partial charge < -0.3 is 5.32 Å². The van der Waals surface area contributed by atoms with Crippen molar-refractivity contribution in [1.29, 1.82) is 0 Å². The van der Waals surface area contributed by atoms with Gasteiger partial charge in [0, 0.05) is 28.5 Å². The monoisotopic (exact) mass is 385 g/mol. The molecule has 0 unspecified atom stereocenters. The summed E-state index contributed by atoms with van der Waals surface area (Å²) >= 11 is 7.23. The third-order valence-corrected chi connectivity index (χ3v) is 5.08. The number of aromatic nitrogens is 2. The lowest BCUT2D eigenvalue weighted by molar-refractivity contribution is -0.115. The molecule has 2 aromatic carbocycles. The van der Waals surface area contributed by atoms with Crippen molar-refractivity contribution < 1.29 is 9.18 Å². The van der Waals surface area contributed by atoms with Crippen LogP contribution in [0, 0.1) is 5.82 Å². The molecule has 0 fully saturated rings. The third kappa shape index (κ3) is 3.34. The molecule has 0 saturated heterocycles. The van der Waals surface area contributed by atoms with Crippen LogP contribution >= 0.6 is 22.9 Å². The van der Waals surface area contributed by atoms with Gasteiger partial charge in [0.15, 0.2) is 4.96 Å². The highest BCUT2D eigenvalue weighted by Crippen LogP contribution is 2.24. The molecule has 1 amide bonds. The van der Waals surface area contributed by atoms with Gasteiger partial charge in [0.2, 0.25) is 5.91 Å². The van der Waals surface area contributed by atoms with Crippen molar-refractivity contribution in [2.45, 2.75) is 6.42 Å². The molecule has 0 saturated carbocycles. The average molecular weight is 386 g/mol. The highest BCUT2D eigenvalue weighted by atomic mass is 35.5. The van der Waals surface area contributed by atoms with Crippen LogP contribution in [0.3, 0.4) is 0 Å². The Morgan fingerprint density at radius 3 is 2.81 bits per heavy atom. The van der Waals surface area contributed by atoms with Crippen molar-refractivity contribution in [2.75, 3.05) is 5.32 Å². The first-order valence-corrected chi connectivity index (χ1v) is 9.12. The van der Waals surface area contributed by atoms with Crippen LogP contribution in [0.15, 0.2) is 60.1 Å². The van der Waals surface area contributed by atoms with E-state index < -0.39 is 5.82 Å². The minimum Gasteiger partial charge on any atom is -0.326 e. The second-order valence-corrected chi connectivity index (χ2v) is 6.97. The Balaban J connectivity index is 1.54. The predicted molar refractivity (Wildman–Crippen MR) is 102 cm³/mol. The van der Waals surface area contributed by atoms with Crippen LogP contribution in [0.1, 0.15) is 5.69 Å². The molecule has 0 aliphatic heterocycles. The van der Waals surface area contributed by atoms with Crippen molar-refractivity contribution in [2.24, 2.45) is 0 Å². The zero-order valence-corrected chi connectivity index (χ0v) is 15.0. The number of nitrogens with one attached hydrogen (secondary N) is 1. The Kier molecular flexibility index (Phi) is 4.44. The summed E-state index contributed by atoms with van der Waals surface area (Å²) in [6, 6.07) is 14.0. The Morgan fingerprint density at radius 2 is 2.04 bits per heavy atom. The van der Waals surface area contributed by atoms with E-state index >= 15 is 0 Å². The molecule has 0 bridgehead atoms. The summed E-state index contributed by atoms with van der Waals surface area (Å²) in [6.45, 7) is 0. The molecule has 0 spiro atoms. The highest BCUT2D eigenvalue weighted by Gasteiger charge is 2.13. The van der Waals surface area contributed by atoms with Gasteiger partial charge >= 0.3 is 0 Å². The van der Waals surface area contributed by atoms with Gasteiger partial charge in [-0.2, -0.15) is 0 Å². The number of anilines is 1. The fraction of sp³-hybridized carbons (Fsp3) is 0.0526. The Hall–Kier alpha value is -2.70. The molecule has 0 atom stereocenters. The van der Waals surface area contributed by atoms with E-state index in [1.165, 1.54) is 29.5 Å².